The fraction of sp³-hybridized carbons (Fsp3) is 0.500. The van der Waals surface area contributed by atoms with Crippen LogP contribution in [0.25, 0.3) is 0 Å². The molecular formula is C18H22ClNO. The minimum absolute atomic E-state index is 0.0684. The largest absolute Gasteiger partial charge is 0.325 e. The van der Waals surface area contributed by atoms with E-state index in [4.69, 9.17) is 11.6 Å². The van der Waals surface area contributed by atoms with Crippen LogP contribution >= 0.6 is 11.6 Å². The molecular weight excluding hydrogens is 282 g/mol. The first-order valence-corrected chi connectivity index (χ1v) is 7.93. The highest BCUT2D eigenvalue weighted by Crippen LogP contribution is 2.65. The van der Waals surface area contributed by atoms with Gasteiger partial charge in [-0.3, -0.25) is 4.79 Å². The Labute approximate surface area is 131 Å². The van der Waals surface area contributed by atoms with E-state index in [2.05, 4.69) is 25.7 Å². The molecule has 1 amide bonds. The maximum atomic E-state index is 12.9. The van der Waals surface area contributed by atoms with Crippen LogP contribution in [0.5, 0.6) is 0 Å². The van der Waals surface area contributed by atoms with Crippen LogP contribution in [0.3, 0.4) is 0 Å². The van der Waals surface area contributed by atoms with Crippen molar-refractivity contribution in [1.82, 2.24) is 0 Å². The van der Waals surface area contributed by atoms with Crippen molar-refractivity contribution in [2.75, 3.05) is 5.32 Å². The summed E-state index contributed by atoms with van der Waals surface area (Å²) in [5, 5.41) is 3.78. The fourth-order valence-electron chi connectivity index (χ4n) is 4.13. The molecule has 2 saturated carbocycles. The van der Waals surface area contributed by atoms with E-state index in [1.165, 1.54) is 0 Å². The van der Waals surface area contributed by atoms with Gasteiger partial charge in [-0.1, -0.05) is 43.7 Å². The molecule has 0 spiro atoms. The summed E-state index contributed by atoms with van der Waals surface area (Å²) in [7, 11) is 0. The SMILES string of the molecule is C=C1C(C)(C)[C@@H]2CC[C@]1(C(=O)Nc1cccc(Cl)c1C)C2. The number of carbonyl (C=O) groups is 1. The zero-order valence-electron chi connectivity index (χ0n) is 12.9. The summed E-state index contributed by atoms with van der Waals surface area (Å²) in [6.45, 7) is 10.7. The third-order valence-electron chi connectivity index (χ3n) is 5.84. The molecule has 0 saturated heterocycles. The summed E-state index contributed by atoms with van der Waals surface area (Å²) < 4.78 is 0. The Kier molecular flexibility index (Phi) is 3.21. The predicted octanol–water partition coefficient (Wildman–Crippen LogP) is 4.97. The van der Waals surface area contributed by atoms with Crippen molar-refractivity contribution in [3.8, 4) is 0 Å². The third kappa shape index (κ3) is 1.96. The molecule has 3 heteroatoms. The lowest BCUT2D eigenvalue weighted by molar-refractivity contribution is -0.123. The summed E-state index contributed by atoms with van der Waals surface area (Å²) in [6, 6.07) is 5.62. The smallest absolute Gasteiger partial charge is 0.234 e. The van der Waals surface area contributed by atoms with Crippen molar-refractivity contribution in [3.63, 3.8) is 0 Å². The van der Waals surface area contributed by atoms with Crippen LogP contribution in [0, 0.1) is 23.7 Å². The van der Waals surface area contributed by atoms with Crippen LogP contribution in [-0.2, 0) is 4.79 Å². The van der Waals surface area contributed by atoms with Gasteiger partial charge in [0.1, 0.15) is 0 Å². The highest BCUT2D eigenvalue weighted by molar-refractivity contribution is 6.31. The van der Waals surface area contributed by atoms with E-state index in [9.17, 15) is 4.79 Å². The van der Waals surface area contributed by atoms with E-state index in [1.54, 1.807) is 0 Å². The maximum absolute atomic E-state index is 12.9. The molecule has 2 aliphatic rings. The average Bonchev–Trinajstić information content (AvgIpc) is 2.96. The number of amides is 1. The molecule has 0 aliphatic heterocycles. The van der Waals surface area contributed by atoms with Crippen LogP contribution < -0.4 is 5.32 Å². The first-order valence-electron chi connectivity index (χ1n) is 7.55. The van der Waals surface area contributed by atoms with Crippen molar-refractivity contribution in [2.45, 2.75) is 40.0 Å². The second-order valence-corrected chi connectivity index (χ2v) is 7.50. The van der Waals surface area contributed by atoms with Gasteiger partial charge in [0.2, 0.25) is 5.91 Å². The van der Waals surface area contributed by atoms with Gasteiger partial charge in [-0.25, -0.2) is 0 Å². The molecule has 0 aromatic heterocycles. The Morgan fingerprint density at radius 3 is 2.76 bits per heavy atom. The van der Waals surface area contributed by atoms with Crippen LogP contribution in [0.15, 0.2) is 30.4 Å². The van der Waals surface area contributed by atoms with Crippen LogP contribution in [0.1, 0.15) is 38.7 Å². The molecule has 2 nitrogen and oxygen atoms in total. The lowest BCUT2D eigenvalue weighted by Gasteiger charge is -2.37. The van der Waals surface area contributed by atoms with Crippen LogP contribution in [-0.4, -0.2) is 5.91 Å². The van der Waals surface area contributed by atoms with E-state index in [-0.39, 0.29) is 16.7 Å². The number of hydrogen-bond acceptors (Lipinski definition) is 1. The average molecular weight is 304 g/mol. The van der Waals surface area contributed by atoms with Gasteiger partial charge in [-0.15, -0.1) is 0 Å². The highest BCUT2D eigenvalue weighted by Gasteiger charge is 2.60. The molecule has 21 heavy (non-hydrogen) atoms. The lowest BCUT2D eigenvalue weighted by Crippen LogP contribution is -2.37. The Morgan fingerprint density at radius 1 is 1.43 bits per heavy atom. The Hall–Kier alpha value is -1.28. The third-order valence-corrected chi connectivity index (χ3v) is 6.25. The number of halogens is 1. The summed E-state index contributed by atoms with van der Waals surface area (Å²) in [5.74, 6) is 0.669. The zero-order valence-corrected chi connectivity index (χ0v) is 13.7. The van der Waals surface area contributed by atoms with E-state index in [0.717, 1.165) is 36.1 Å². The molecule has 1 aromatic rings. The second-order valence-electron chi connectivity index (χ2n) is 7.09. The molecule has 1 aromatic carbocycles. The molecule has 112 valence electrons. The number of hydrogen-bond donors (Lipinski definition) is 1. The van der Waals surface area contributed by atoms with Crippen molar-refractivity contribution in [1.29, 1.82) is 0 Å². The number of anilines is 1. The topological polar surface area (TPSA) is 29.1 Å². The molecule has 0 unspecified atom stereocenters. The van der Waals surface area contributed by atoms with Crippen LogP contribution in [0.4, 0.5) is 5.69 Å². The maximum Gasteiger partial charge on any atom is 0.234 e. The number of nitrogens with one attached hydrogen (secondary N) is 1. The number of rotatable bonds is 2. The number of carbonyl (C=O) groups excluding carboxylic acids is 1. The molecule has 2 atom stereocenters. The van der Waals surface area contributed by atoms with Gasteiger partial charge in [0.25, 0.3) is 0 Å². The standard InChI is InChI=1S/C18H22ClNO/c1-11-14(19)6-5-7-15(11)20-16(21)18-9-8-13(10-18)17(3,4)12(18)2/h5-7,13H,2,8-10H2,1,3-4H3,(H,20,21)/t13-,18+/m1/s1. The summed E-state index contributed by atoms with van der Waals surface area (Å²) in [4.78, 5) is 12.9. The van der Waals surface area contributed by atoms with E-state index in [1.807, 2.05) is 25.1 Å². The Morgan fingerprint density at radius 2 is 2.14 bits per heavy atom. The van der Waals surface area contributed by atoms with Gasteiger partial charge in [0.15, 0.2) is 0 Å². The minimum Gasteiger partial charge on any atom is -0.325 e. The molecule has 2 aliphatic carbocycles. The molecule has 1 N–H and O–H groups in total. The Balaban J connectivity index is 1.90. The van der Waals surface area contributed by atoms with Crippen molar-refractivity contribution >= 4 is 23.2 Å². The molecule has 0 radical (unpaired) electrons. The second kappa shape index (κ2) is 4.61. The first kappa shape index (κ1) is 14.6. The van der Waals surface area contributed by atoms with Gasteiger partial charge >= 0.3 is 0 Å². The van der Waals surface area contributed by atoms with Crippen molar-refractivity contribution in [3.05, 3.63) is 40.9 Å². The predicted molar refractivity (Wildman–Crippen MR) is 87.5 cm³/mol. The van der Waals surface area contributed by atoms with Crippen LogP contribution in [0.2, 0.25) is 5.02 Å². The lowest BCUT2D eigenvalue weighted by atomic mass is 9.68. The van der Waals surface area contributed by atoms with Gasteiger partial charge in [-0.05, 0) is 55.2 Å². The van der Waals surface area contributed by atoms with Gasteiger partial charge in [-0.2, -0.15) is 0 Å². The molecule has 2 bridgehead atoms. The quantitative estimate of drug-likeness (QED) is 0.768. The number of fused-ring (bicyclic) bond motifs is 2. The summed E-state index contributed by atoms with van der Waals surface area (Å²) >= 11 is 6.14. The Bertz CT molecular complexity index is 634. The van der Waals surface area contributed by atoms with Gasteiger partial charge in [0, 0.05) is 10.7 Å². The van der Waals surface area contributed by atoms with E-state index in [0.29, 0.717) is 10.9 Å². The first-order chi connectivity index (χ1) is 9.79. The zero-order chi connectivity index (χ0) is 15.4. The van der Waals surface area contributed by atoms with Gasteiger partial charge < -0.3 is 5.32 Å². The normalized spacial score (nSPS) is 29.7. The summed E-state index contributed by atoms with van der Waals surface area (Å²) in [5.41, 5.74) is 2.51. The van der Waals surface area contributed by atoms with Crippen molar-refractivity contribution < 1.29 is 4.79 Å². The minimum atomic E-state index is -0.386. The van der Waals surface area contributed by atoms with E-state index >= 15 is 0 Å². The fourth-order valence-corrected chi connectivity index (χ4v) is 4.30. The van der Waals surface area contributed by atoms with Crippen molar-refractivity contribution in [2.24, 2.45) is 16.7 Å². The molecule has 3 rings (SSSR count). The molecule has 2 fully saturated rings. The van der Waals surface area contributed by atoms with Gasteiger partial charge in [0.05, 0.1) is 5.41 Å². The monoisotopic (exact) mass is 303 g/mol. The number of benzene rings is 1. The molecule has 0 heterocycles. The summed E-state index contributed by atoms with van der Waals surface area (Å²) in [6.07, 6.45) is 2.98. The highest BCUT2D eigenvalue weighted by atomic mass is 35.5. The van der Waals surface area contributed by atoms with E-state index < -0.39 is 0 Å².